The number of piperidine rings is 1. The number of nitrogens with zero attached hydrogens (tertiary/aromatic N) is 3. The van der Waals surface area contributed by atoms with E-state index >= 15 is 0 Å². The van der Waals surface area contributed by atoms with E-state index in [1.165, 1.54) is 12.3 Å². The molecule has 27 heavy (non-hydrogen) atoms. The molecule has 7 heteroatoms. The molecule has 1 aromatic carbocycles. The summed E-state index contributed by atoms with van der Waals surface area (Å²) in [5.74, 6) is 0.524. The number of rotatable bonds is 3. The lowest BCUT2D eigenvalue weighted by molar-refractivity contribution is 0.0706. The third-order valence-corrected chi connectivity index (χ3v) is 4.85. The molecule has 1 saturated heterocycles. The molecule has 1 N–H and O–H groups in total. The van der Waals surface area contributed by atoms with E-state index in [1.54, 1.807) is 11.8 Å². The van der Waals surface area contributed by atoms with Crippen LogP contribution in [-0.4, -0.2) is 39.0 Å². The van der Waals surface area contributed by atoms with Gasteiger partial charge in [-0.25, -0.2) is 4.98 Å². The summed E-state index contributed by atoms with van der Waals surface area (Å²) < 4.78 is 5.10. The highest BCUT2D eigenvalue weighted by molar-refractivity contribution is 5.99. The Labute approximate surface area is 156 Å². The number of aryl methyl sites for hydroxylation is 1. The summed E-state index contributed by atoms with van der Waals surface area (Å²) in [5, 5.41) is 4.02. The first-order valence-electron chi connectivity index (χ1n) is 8.99. The van der Waals surface area contributed by atoms with Crippen LogP contribution in [-0.2, 0) is 0 Å². The second kappa shape index (κ2) is 7.19. The van der Waals surface area contributed by atoms with Gasteiger partial charge in [0.2, 0.25) is 0 Å². The average molecular weight is 364 g/mol. The zero-order chi connectivity index (χ0) is 18.8. The predicted molar refractivity (Wildman–Crippen MR) is 99.4 cm³/mol. The standard InChI is InChI=1S/C20H20N4O3/c1-13-21-17(10-18(25)22-13)15-8-5-9-24(11-15)20(26)16-12-27-23-19(16)14-6-3-2-4-7-14/h2-4,6-7,10,12,15H,5,8-9,11H2,1H3,(H,21,22,25). The van der Waals surface area contributed by atoms with Crippen LogP contribution in [0.25, 0.3) is 11.3 Å². The lowest BCUT2D eigenvalue weighted by Gasteiger charge is -2.32. The molecule has 1 fully saturated rings. The molecular weight excluding hydrogens is 344 g/mol. The van der Waals surface area contributed by atoms with Crippen molar-refractivity contribution in [1.29, 1.82) is 0 Å². The number of H-pyrrole nitrogens is 1. The number of carbonyl (C=O) groups excluding carboxylic acids is 1. The van der Waals surface area contributed by atoms with Gasteiger partial charge in [-0.2, -0.15) is 0 Å². The Morgan fingerprint density at radius 1 is 1.30 bits per heavy atom. The molecule has 2 aromatic heterocycles. The molecule has 1 unspecified atom stereocenters. The Kier molecular flexibility index (Phi) is 4.58. The summed E-state index contributed by atoms with van der Waals surface area (Å²) in [5.41, 5.74) is 2.42. The van der Waals surface area contributed by atoms with Crippen molar-refractivity contribution in [2.45, 2.75) is 25.7 Å². The zero-order valence-electron chi connectivity index (χ0n) is 15.0. The van der Waals surface area contributed by atoms with Crippen LogP contribution in [0.1, 0.15) is 40.6 Å². The van der Waals surface area contributed by atoms with E-state index in [9.17, 15) is 9.59 Å². The lowest BCUT2D eigenvalue weighted by atomic mass is 9.94. The summed E-state index contributed by atoms with van der Waals surface area (Å²) in [6.45, 7) is 2.95. The summed E-state index contributed by atoms with van der Waals surface area (Å²) >= 11 is 0. The third kappa shape index (κ3) is 3.53. The minimum Gasteiger partial charge on any atom is -0.363 e. The van der Waals surface area contributed by atoms with Crippen LogP contribution in [0.4, 0.5) is 0 Å². The molecule has 138 valence electrons. The monoisotopic (exact) mass is 364 g/mol. The molecule has 1 amide bonds. The molecule has 3 aromatic rings. The van der Waals surface area contributed by atoms with Gasteiger partial charge in [-0.05, 0) is 19.8 Å². The number of carbonyl (C=O) groups is 1. The van der Waals surface area contributed by atoms with Crippen molar-refractivity contribution < 1.29 is 9.32 Å². The van der Waals surface area contributed by atoms with Gasteiger partial charge in [0.25, 0.3) is 11.5 Å². The molecular formula is C20H20N4O3. The smallest absolute Gasteiger partial charge is 0.259 e. The SMILES string of the molecule is Cc1nc(C2CCCN(C(=O)c3conc3-c3ccccc3)C2)cc(=O)[nH]1. The van der Waals surface area contributed by atoms with Crippen LogP contribution in [0.15, 0.2) is 52.0 Å². The second-order valence-electron chi connectivity index (χ2n) is 6.79. The summed E-state index contributed by atoms with van der Waals surface area (Å²) in [6.07, 6.45) is 3.16. The van der Waals surface area contributed by atoms with Crippen molar-refractivity contribution in [2.24, 2.45) is 0 Å². The molecule has 0 radical (unpaired) electrons. The molecule has 0 bridgehead atoms. The fourth-order valence-electron chi connectivity index (χ4n) is 3.58. The molecule has 3 heterocycles. The number of nitrogens with one attached hydrogen (secondary N) is 1. The molecule has 7 nitrogen and oxygen atoms in total. The Hall–Kier alpha value is -3.22. The van der Waals surface area contributed by atoms with E-state index in [4.69, 9.17) is 4.52 Å². The number of hydrogen-bond donors (Lipinski definition) is 1. The van der Waals surface area contributed by atoms with Crippen molar-refractivity contribution >= 4 is 5.91 Å². The Morgan fingerprint density at radius 2 is 2.11 bits per heavy atom. The number of amides is 1. The lowest BCUT2D eigenvalue weighted by Crippen LogP contribution is -2.39. The van der Waals surface area contributed by atoms with Gasteiger partial charge in [0.1, 0.15) is 23.3 Å². The third-order valence-electron chi connectivity index (χ3n) is 4.85. The maximum Gasteiger partial charge on any atom is 0.259 e. The first-order chi connectivity index (χ1) is 13.1. The topological polar surface area (TPSA) is 92.1 Å². The van der Waals surface area contributed by atoms with Crippen molar-refractivity contribution in [2.75, 3.05) is 13.1 Å². The first-order valence-corrected chi connectivity index (χ1v) is 8.99. The van der Waals surface area contributed by atoms with Crippen LogP contribution in [0.2, 0.25) is 0 Å². The molecule has 0 spiro atoms. The van der Waals surface area contributed by atoms with Gasteiger partial charge >= 0.3 is 0 Å². The molecule has 4 rings (SSSR count). The highest BCUT2D eigenvalue weighted by atomic mass is 16.5. The van der Waals surface area contributed by atoms with E-state index < -0.39 is 0 Å². The highest BCUT2D eigenvalue weighted by Gasteiger charge is 2.29. The average Bonchev–Trinajstić information content (AvgIpc) is 3.17. The number of hydrogen-bond acceptors (Lipinski definition) is 5. The summed E-state index contributed by atoms with van der Waals surface area (Å²) in [7, 11) is 0. The van der Waals surface area contributed by atoms with Gasteiger partial charge in [-0.1, -0.05) is 35.5 Å². The van der Waals surface area contributed by atoms with E-state index in [0.717, 1.165) is 24.1 Å². The molecule has 1 aliphatic rings. The van der Waals surface area contributed by atoms with E-state index in [2.05, 4.69) is 15.1 Å². The molecule has 1 aliphatic heterocycles. The number of likely N-dealkylation sites (tertiary alicyclic amines) is 1. The van der Waals surface area contributed by atoms with Crippen LogP contribution in [0.3, 0.4) is 0 Å². The van der Waals surface area contributed by atoms with Crippen molar-refractivity contribution in [1.82, 2.24) is 20.0 Å². The Bertz CT molecular complexity index is 1010. The molecule has 1 atom stereocenters. The summed E-state index contributed by atoms with van der Waals surface area (Å²) in [6, 6.07) is 11.0. The second-order valence-corrected chi connectivity index (χ2v) is 6.79. The Balaban J connectivity index is 1.58. The van der Waals surface area contributed by atoms with E-state index in [-0.39, 0.29) is 17.4 Å². The summed E-state index contributed by atoms with van der Waals surface area (Å²) in [4.78, 5) is 33.8. The van der Waals surface area contributed by atoms with Gasteiger partial charge in [0.05, 0.1) is 5.69 Å². The van der Waals surface area contributed by atoms with Gasteiger partial charge in [0, 0.05) is 30.6 Å². The van der Waals surface area contributed by atoms with E-state index in [0.29, 0.717) is 30.2 Å². The normalized spacial score (nSPS) is 17.1. The van der Waals surface area contributed by atoms with Gasteiger partial charge < -0.3 is 14.4 Å². The molecule has 0 aliphatic carbocycles. The van der Waals surface area contributed by atoms with Crippen molar-refractivity contribution in [3.05, 3.63) is 70.1 Å². The van der Waals surface area contributed by atoms with Crippen LogP contribution in [0.5, 0.6) is 0 Å². The number of aromatic amines is 1. The zero-order valence-corrected chi connectivity index (χ0v) is 15.0. The van der Waals surface area contributed by atoms with Gasteiger partial charge in [0.15, 0.2) is 0 Å². The maximum absolute atomic E-state index is 13.1. The fourth-order valence-corrected chi connectivity index (χ4v) is 3.58. The minimum atomic E-state index is -0.161. The molecule has 0 saturated carbocycles. The fraction of sp³-hybridized carbons (Fsp3) is 0.300. The van der Waals surface area contributed by atoms with Crippen LogP contribution >= 0.6 is 0 Å². The minimum absolute atomic E-state index is 0.0451. The van der Waals surface area contributed by atoms with Crippen molar-refractivity contribution in [3.63, 3.8) is 0 Å². The van der Waals surface area contributed by atoms with Crippen LogP contribution < -0.4 is 5.56 Å². The number of benzene rings is 1. The largest absolute Gasteiger partial charge is 0.363 e. The van der Waals surface area contributed by atoms with E-state index in [1.807, 2.05) is 30.3 Å². The van der Waals surface area contributed by atoms with Gasteiger partial charge in [-0.3, -0.25) is 9.59 Å². The van der Waals surface area contributed by atoms with Gasteiger partial charge in [-0.15, -0.1) is 0 Å². The maximum atomic E-state index is 13.1. The first kappa shape index (κ1) is 17.2. The van der Waals surface area contributed by atoms with Crippen molar-refractivity contribution in [3.8, 4) is 11.3 Å². The number of aromatic nitrogens is 3. The van der Waals surface area contributed by atoms with Crippen LogP contribution in [0, 0.1) is 6.92 Å². The Morgan fingerprint density at radius 3 is 2.89 bits per heavy atom. The highest BCUT2D eigenvalue weighted by Crippen LogP contribution is 2.28. The quantitative estimate of drug-likeness (QED) is 0.771. The predicted octanol–water partition coefficient (Wildman–Crippen LogP) is 2.75.